The highest BCUT2D eigenvalue weighted by Gasteiger charge is 2.31. The van der Waals surface area contributed by atoms with E-state index in [1.165, 1.54) is 5.01 Å². The van der Waals surface area contributed by atoms with Crippen molar-refractivity contribution in [2.24, 2.45) is 10.2 Å². The second kappa shape index (κ2) is 7.83. The van der Waals surface area contributed by atoms with E-state index in [4.69, 9.17) is 0 Å². The number of nitrogens with one attached hydrogen (secondary N) is 1. The standard InChI is InChI=1S/C24H22N4O2/c1-15-12-13-19(14-16(15)2)28-24(30)22(17(3)27-28)26-25-21-11-7-10-20(23(21)29)18-8-5-4-6-9-18/h4-14,25,29H,1-3H3/b26-22-. The van der Waals surface area contributed by atoms with Gasteiger partial charge >= 0.3 is 5.91 Å². The molecule has 3 aromatic rings. The first-order valence-corrected chi connectivity index (χ1v) is 9.64. The van der Waals surface area contributed by atoms with Gasteiger partial charge in [-0.3, -0.25) is 10.2 Å². The molecule has 0 fully saturated rings. The highest BCUT2D eigenvalue weighted by atomic mass is 16.3. The minimum absolute atomic E-state index is 0.0686. The molecule has 1 aliphatic heterocycles. The summed E-state index contributed by atoms with van der Waals surface area (Å²) in [6.45, 7) is 5.75. The van der Waals surface area contributed by atoms with Crippen molar-refractivity contribution in [2.75, 3.05) is 10.4 Å². The summed E-state index contributed by atoms with van der Waals surface area (Å²) in [4.78, 5) is 12.9. The summed E-state index contributed by atoms with van der Waals surface area (Å²) in [6.07, 6.45) is 0. The minimum atomic E-state index is -0.318. The third-order valence-corrected chi connectivity index (χ3v) is 5.13. The number of phenols is 1. The Kier molecular flexibility index (Phi) is 5.06. The van der Waals surface area contributed by atoms with E-state index in [2.05, 4.69) is 15.6 Å². The first kappa shape index (κ1) is 19.4. The van der Waals surface area contributed by atoms with Crippen LogP contribution in [-0.4, -0.2) is 22.4 Å². The van der Waals surface area contributed by atoms with Crippen LogP contribution in [0.5, 0.6) is 5.75 Å². The van der Waals surface area contributed by atoms with Crippen molar-refractivity contribution in [3.8, 4) is 16.9 Å². The van der Waals surface area contributed by atoms with Crippen LogP contribution in [0.2, 0.25) is 0 Å². The van der Waals surface area contributed by atoms with Crippen LogP contribution in [0.15, 0.2) is 76.9 Å². The van der Waals surface area contributed by atoms with Crippen LogP contribution >= 0.6 is 0 Å². The first-order chi connectivity index (χ1) is 14.5. The summed E-state index contributed by atoms with van der Waals surface area (Å²) >= 11 is 0. The number of carbonyl (C=O) groups is 1. The molecule has 4 rings (SSSR count). The molecule has 6 nitrogen and oxygen atoms in total. The number of carbonyl (C=O) groups excluding carboxylic acids is 1. The maximum absolute atomic E-state index is 12.9. The Balaban J connectivity index is 1.60. The SMILES string of the molecule is CC1=NN(c2ccc(C)c(C)c2)C(=O)/C1=N\Nc1cccc(-c2ccccc2)c1O. The quantitative estimate of drug-likeness (QED) is 0.486. The zero-order valence-corrected chi connectivity index (χ0v) is 17.0. The van der Waals surface area contributed by atoms with Gasteiger partial charge in [0.1, 0.15) is 5.75 Å². The predicted molar refractivity (Wildman–Crippen MR) is 121 cm³/mol. The third-order valence-electron chi connectivity index (χ3n) is 5.13. The highest BCUT2D eigenvalue weighted by Crippen LogP contribution is 2.35. The lowest BCUT2D eigenvalue weighted by atomic mass is 10.0. The molecule has 0 radical (unpaired) electrons. The van der Waals surface area contributed by atoms with Gasteiger partial charge in [0.25, 0.3) is 0 Å². The van der Waals surface area contributed by atoms with Crippen molar-refractivity contribution in [1.82, 2.24) is 0 Å². The number of rotatable bonds is 4. The molecule has 0 atom stereocenters. The highest BCUT2D eigenvalue weighted by molar-refractivity contribution is 6.71. The van der Waals surface area contributed by atoms with Crippen LogP contribution in [0.1, 0.15) is 18.1 Å². The number of aromatic hydroxyl groups is 1. The fourth-order valence-corrected chi connectivity index (χ4v) is 3.26. The summed E-state index contributed by atoms with van der Waals surface area (Å²) in [6, 6.07) is 20.7. The fraction of sp³-hybridized carbons (Fsp3) is 0.125. The Morgan fingerprint density at radius 2 is 1.70 bits per heavy atom. The molecular formula is C24H22N4O2. The van der Waals surface area contributed by atoms with Gasteiger partial charge in [-0.05, 0) is 55.7 Å². The van der Waals surface area contributed by atoms with Crippen molar-refractivity contribution in [1.29, 1.82) is 0 Å². The van der Waals surface area contributed by atoms with Crippen molar-refractivity contribution >= 4 is 28.7 Å². The number of benzene rings is 3. The van der Waals surface area contributed by atoms with E-state index in [0.717, 1.165) is 16.7 Å². The predicted octanol–water partition coefficient (Wildman–Crippen LogP) is 4.87. The summed E-state index contributed by atoms with van der Waals surface area (Å²) in [5.74, 6) is -0.249. The molecule has 0 bridgehead atoms. The number of para-hydroxylation sites is 1. The van der Waals surface area contributed by atoms with Crippen LogP contribution in [0.25, 0.3) is 11.1 Å². The van der Waals surface area contributed by atoms with E-state index in [0.29, 0.717) is 22.6 Å². The largest absolute Gasteiger partial charge is 0.505 e. The van der Waals surface area contributed by atoms with Gasteiger partial charge in [-0.1, -0.05) is 48.5 Å². The molecular weight excluding hydrogens is 376 g/mol. The number of phenolic OH excluding ortho intramolecular Hbond substituents is 1. The number of hydrogen-bond donors (Lipinski definition) is 2. The van der Waals surface area contributed by atoms with Crippen molar-refractivity contribution < 1.29 is 9.90 Å². The molecule has 0 aliphatic carbocycles. The lowest BCUT2D eigenvalue weighted by Gasteiger charge is -2.13. The van der Waals surface area contributed by atoms with E-state index in [-0.39, 0.29) is 17.4 Å². The Morgan fingerprint density at radius 3 is 2.43 bits per heavy atom. The van der Waals surface area contributed by atoms with Crippen LogP contribution in [0.4, 0.5) is 11.4 Å². The Bertz CT molecular complexity index is 1180. The second-order valence-electron chi connectivity index (χ2n) is 7.21. The van der Waals surface area contributed by atoms with Gasteiger partial charge in [-0.2, -0.15) is 15.2 Å². The Morgan fingerprint density at radius 1 is 0.933 bits per heavy atom. The lowest BCUT2D eigenvalue weighted by molar-refractivity contribution is -0.112. The van der Waals surface area contributed by atoms with Crippen LogP contribution in [0, 0.1) is 13.8 Å². The summed E-state index contributed by atoms with van der Waals surface area (Å²) < 4.78 is 0. The Hall–Kier alpha value is -3.93. The van der Waals surface area contributed by atoms with Crippen molar-refractivity contribution in [2.45, 2.75) is 20.8 Å². The monoisotopic (exact) mass is 398 g/mol. The second-order valence-corrected chi connectivity index (χ2v) is 7.21. The summed E-state index contributed by atoms with van der Waals surface area (Å²) in [5.41, 5.74) is 8.45. The third kappa shape index (κ3) is 3.55. The van der Waals surface area contributed by atoms with E-state index in [1.807, 2.05) is 74.5 Å². The van der Waals surface area contributed by atoms with Crippen molar-refractivity contribution in [3.05, 3.63) is 77.9 Å². The molecule has 3 aromatic carbocycles. The zero-order chi connectivity index (χ0) is 21.3. The summed E-state index contributed by atoms with van der Waals surface area (Å²) in [5, 5.41) is 20.6. The van der Waals surface area contributed by atoms with Gasteiger partial charge in [0.15, 0.2) is 5.71 Å². The van der Waals surface area contributed by atoms with Crippen LogP contribution in [0.3, 0.4) is 0 Å². The molecule has 150 valence electrons. The molecule has 0 spiro atoms. The number of hydrogen-bond acceptors (Lipinski definition) is 5. The smallest absolute Gasteiger partial charge is 0.301 e. The lowest BCUT2D eigenvalue weighted by Crippen LogP contribution is -2.28. The van der Waals surface area contributed by atoms with Gasteiger partial charge in [0.05, 0.1) is 17.1 Å². The van der Waals surface area contributed by atoms with Gasteiger partial charge in [0.2, 0.25) is 0 Å². The minimum Gasteiger partial charge on any atom is -0.505 e. The molecule has 0 saturated carbocycles. The topological polar surface area (TPSA) is 77.3 Å². The van der Waals surface area contributed by atoms with Crippen molar-refractivity contribution in [3.63, 3.8) is 0 Å². The van der Waals surface area contributed by atoms with Crippen LogP contribution in [-0.2, 0) is 4.79 Å². The molecule has 0 unspecified atom stereocenters. The van der Waals surface area contributed by atoms with E-state index < -0.39 is 0 Å². The van der Waals surface area contributed by atoms with E-state index in [1.54, 1.807) is 13.0 Å². The fourth-order valence-electron chi connectivity index (χ4n) is 3.26. The number of aryl methyl sites for hydroxylation is 2. The number of nitrogens with zero attached hydrogens (tertiary/aromatic N) is 3. The zero-order valence-electron chi connectivity index (χ0n) is 17.0. The average Bonchev–Trinajstić information content (AvgIpc) is 3.03. The average molecular weight is 398 g/mol. The van der Waals surface area contributed by atoms with Crippen LogP contribution < -0.4 is 10.4 Å². The maximum Gasteiger partial charge on any atom is 0.301 e. The number of anilines is 2. The molecule has 1 amide bonds. The first-order valence-electron chi connectivity index (χ1n) is 9.64. The molecule has 2 N–H and O–H groups in total. The molecule has 30 heavy (non-hydrogen) atoms. The molecule has 0 aromatic heterocycles. The Labute approximate surface area is 175 Å². The van der Waals surface area contributed by atoms with Gasteiger partial charge in [0, 0.05) is 5.56 Å². The number of hydrazone groups is 2. The summed E-state index contributed by atoms with van der Waals surface area (Å²) in [7, 11) is 0. The van der Waals surface area contributed by atoms with Gasteiger partial charge < -0.3 is 5.11 Å². The van der Waals surface area contributed by atoms with Gasteiger partial charge in [-0.25, -0.2) is 0 Å². The normalized spacial score (nSPS) is 14.9. The molecule has 1 aliphatic rings. The van der Waals surface area contributed by atoms with E-state index >= 15 is 0 Å². The van der Waals surface area contributed by atoms with E-state index in [9.17, 15) is 9.90 Å². The van der Waals surface area contributed by atoms with Gasteiger partial charge in [-0.15, -0.1) is 0 Å². The molecule has 1 heterocycles. The maximum atomic E-state index is 12.9. The molecule has 6 heteroatoms. The number of amides is 1. The molecule has 0 saturated heterocycles.